The number of carbonyl (C=O) groups excluding carboxylic acids is 1. The number of carbonyl (C=O) groups is 2. The number of amides is 2. The minimum atomic E-state index is -0.890. The molecule has 0 radical (unpaired) electrons. The van der Waals surface area contributed by atoms with Crippen LogP contribution in [0.5, 0.6) is 0 Å². The van der Waals surface area contributed by atoms with E-state index in [4.69, 9.17) is 9.84 Å². The van der Waals surface area contributed by atoms with Crippen molar-refractivity contribution in [2.24, 2.45) is 11.8 Å². The second-order valence-corrected chi connectivity index (χ2v) is 6.24. The Bertz CT molecular complexity index is 375. The lowest BCUT2D eigenvalue weighted by atomic mass is 9.80. The summed E-state index contributed by atoms with van der Waals surface area (Å²) in [6, 6.07) is -0.0912. The highest BCUT2D eigenvalue weighted by atomic mass is 16.5. The van der Waals surface area contributed by atoms with E-state index < -0.39 is 12.1 Å². The first-order valence-corrected chi connectivity index (χ1v) is 7.92. The molecule has 1 aliphatic carbocycles. The number of ether oxygens (including phenoxy) is 1. The quantitative estimate of drug-likeness (QED) is 0.828. The zero-order valence-electron chi connectivity index (χ0n) is 12.7. The number of carboxylic acids is 1. The molecule has 0 aromatic rings. The first-order chi connectivity index (χ1) is 10.1. The van der Waals surface area contributed by atoms with Crippen LogP contribution < -0.4 is 5.32 Å². The van der Waals surface area contributed by atoms with E-state index in [2.05, 4.69) is 12.2 Å². The fourth-order valence-electron chi connectivity index (χ4n) is 3.25. The number of hydrogen-bond acceptors (Lipinski definition) is 3. The van der Waals surface area contributed by atoms with Gasteiger partial charge >= 0.3 is 12.0 Å². The van der Waals surface area contributed by atoms with Crippen LogP contribution in [0.4, 0.5) is 4.79 Å². The molecule has 1 aliphatic heterocycles. The number of aliphatic carboxylic acids is 1. The first-order valence-electron chi connectivity index (χ1n) is 7.92. The molecule has 2 N–H and O–H groups in total. The van der Waals surface area contributed by atoms with Gasteiger partial charge in [-0.05, 0) is 18.3 Å². The lowest BCUT2D eigenvalue weighted by molar-refractivity contribution is -0.141. The number of nitrogens with one attached hydrogen (secondary N) is 1. The summed E-state index contributed by atoms with van der Waals surface area (Å²) in [5.74, 6) is 0.348. The summed E-state index contributed by atoms with van der Waals surface area (Å²) in [5, 5.41) is 11.8. The third kappa shape index (κ3) is 4.88. The predicted octanol–water partition coefficient (Wildman–Crippen LogP) is 1.70. The molecule has 2 rings (SSSR count). The van der Waals surface area contributed by atoms with Crippen molar-refractivity contribution in [3.63, 3.8) is 0 Å². The monoisotopic (exact) mass is 298 g/mol. The number of hydrogen-bond donors (Lipinski definition) is 2. The van der Waals surface area contributed by atoms with Gasteiger partial charge in [0.25, 0.3) is 0 Å². The summed E-state index contributed by atoms with van der Waals surface area (Å²) in [4.78, 5) is 24.6. The van der Waals surface area contributed by atoms with Gasteiger partial charge < -0.3 is 20.1 Å². The lowest BCUT2D eigenvalue weighted by Crippen LogP contribution is -2.51. The van der Waals surface area contributed by atoms with Gasteiger partial charge in [0, 0.05) is 19.6 Å². The Labute approximate surface area is 125 Å². The van der Waals surface area contributed by atoms with Crippen LogP contribution in [0.1, 0.15) is 39.0 Å². The number of carboxylic acid groups (broad SMARTS) is 1. The Kier molecular flexibility index (Phi) is 5.85. The van der Waals surface area contributed by atoms with Gasteiger partial charge in [-0.2, -0.15) is 0 Å². The maximum absolute atomic E-state index is 12.2. The Morgan fingerprint density at radius 1 is 1.33 bits per heavy atom. The number of urea groups is 1. The van der Waals surface area contributed by atoms with Crippen molar-refractivity contribution in [3.05, 3.63) is 0 Å². The molecule has 6 nitrogen and oxygen atoms in total. The van der Waals surface area contributed by atoms with E-state index in [1.54, 1.807) is 4.90 Å². The van der Waals surface area contributed by atoms with E-state index >= 15 is 0 Å². The predicted molar refractivity (Wildman–Crippen MR) is 78.1 cm³/mol. The standard InChI is InChI=1S/C15H26N2O4/c1-11-4-2-3-5-12(11)9-16-15(20)17-6-7-21-13(10-17)8-14(18)19/h11-13H,2-10H2,1H3,(H,16,20)(H,18,19). The molecular formula is C15H26N2O4. The Morgan fingerprint density at radius 2 is 2.10 bits per heavy atom. The van der Waals surface area contributed by atoms with Crippen molar-refractivity contribution in [3.8, 4) is 0 Å². The minimum absolute atomic E-state index is 0.0521. The molecular weight excluding hydrogens is 272 g/mol. The molecule has 0 aromatic heterocycles. The normalized spacial score (nSPS) is 30.0. The van der Waals surface area contributed by atoms with Gasteiger partial charge in [0.15, 0.2) is 0 Å². The second-order valence-electron chi connectivity index (χ2n) is 6.24. The zero-order chi connectivity index (χ0) is 15.2. The minimum Gasteiger partial charge on any atom is -0.481 e. The zero-order valence-corrected chi connectivity index (χ0v) is 12.7. The van der Waals surface area contributed by atoms with Crippen LogP contribution in [0, 0.1) is 11.8 Å². The first kappa shape index (κ1) is 16.1. The molecule has 1 saturated heterocycles. The molecule has 3 unspecified atom stereocenters. The SMILES string of the molecule is CC1CCCCC1CNC(=O)N1CCOC(CC(=O)O)C1. The highest BCUT2D eigenvalue weighted by Crippen LogP contribution is 2.28. The molecule has 1 saturated carbocycles. The van der Waals surface area contributed by atoms with Gasteiger partial charge in [-0.25, -0.2) is 4.79 Å². The summed E-state index contributed by atoms with van der Waals surface area (Å²) in [6.07, 6.45) is 4.54. The maximum Gasteiger partial charge on any atom is 0.317 e. The molecule has 120 valence electrons. The second kappa shape index (κ2) is 7.64. The molecule has 2 aliphatic rings. The average Bonchev–Trinajstić information content (AvgIpc) is 2.45. The number of morpholine rings is 1. The summed E-state index contributed by atoms with van der Waals surface area (Å²) < 4.78 is 5.38. The smallest absolute Gasteiger partial charge is 0.317 e. The van der Waals surface area contributed by atoms with E-state index in [-0.39, 0.29) is 12.5 Å². The summed E-state index contributed by atoms with van der Waals surface area (Å²) >= 11 is 0. The molecule has 2 amide bonds. The number of rotatable bonds is 4. The van der Waals surface area contributed by atoms with Crippen LogP contribution in [0.3, 0.4) is 0 Å². The van der Waals surface area contributed by atoms with Crippen molar-refractivity contribution in [1.29, 1.82) is 0 Å². The van der Waals surface area contributed by atoms with Crippen molar-refractivity contribution in [2.75, 3.05) is 26.2 Å². The molecule has 3 atom stereocenters. The van der Waals surface area contributed by atoms with Crippen LogP contribution in [-0.2, 0) is 9.53 Å². The Morgan fingerprint density at radius 3 is 2.81 bits per heavy atom. The molecule has 1 heterocycles. The maximum atomic E-state index is 12.2. The molecule has 2 fully saturated rings. The topological polar surface area (TPSA) is 78.9 Å². The van der Waals surface area contributed by atoms with Gasteiger partial charge in [-0.3, -0.25) is 4.79 Å². The molecule has 0 aromatic carbocycles. The van der Waals surface area contributed by atoms with Gasteiger partial charge in [-0.1, -0.05) is 26.2 Å². The van der Waals surface area contributed by atoms with Crippen LogP contribution in [-0.4, -0.2) is 54.4 Å². The lowest BCUT2D eigenvalue weighted by Gasteiger charge is -2.34. The third-order valence-electron chi connectivity index (χ3n) is 4.63. The van der Waals surface area contributed by atoms with Crippen molar-refractivity contribution >= 4 is 12.0 Å². The van der Waals surface area contributed by atoms with Crippen molar-refractivity contribution in [1.82, 2.24) is 10.2 Å². The van der Waals surface area contributed by atoms with E-state index in [1.165, 1.54) is 25.7 Å². The van der Waals surface area contributed by atoms with Crippen LogP contribution >= 0.6 is 0 Å². The largest absolute Gasteiger partial charge is 0.481 e. The van der Waals surface area contributed by atoms with Crippen LogP contribution in [0.15, 0.2) is 0 Å². The van der Waals surface area contributed by atoms with Crippen LogP contribution in [0.2, 0.25) is 0 Å². The number of nitrogens with zero attached hydrogens (tertiary/aromatic N) is 1. The highest BCUT2D eigenvalue weighted by molar-refractivity contribution is 5.74. The highest BCUT2D eigenvalue weighted by Gasteiger charge is 2.27. The van der Waals surface area contributed by atoms with E-state index in [9.17, 15) is 9.59 Å². The average molecular weight is 298 g/mol. The van der Waals surface area contributed by atoms with Gasteiger partial charge in [0.2, 0.25) is 0 Å². The summed E-state index contributed by atoms with van der Waals surface area (Å²) in [5.41, 5.74) is 0. The fourth-order valence-corrected chi connectivity index (χ4v) is 3.25. The summed E-state index contributed by atoms with van der Waals surface area (Å²) in [6.45, 7) is 4.28. The van der Waals surface area contributed by atoms with Gasteiger partial charge in [0.05, 0.1) is 19.1 Å². The fraction of sp³-hybridized carbons (Fsp3) is 0.867. The summed E-state index contributed by atoms with van der Waals surface area (Å²) in [7, 11) is 0. The van der Waals surface area contributed by atoms with Gasteiger partial charge in [-0.15, -0.1) is 0 Å². The molecule has 6 heteroatoms. The van der Waals surface area contributed by atoms with Crippen LogP contribution in [0.25, 0.3) is 0 Å². The van der Waals surface area contributed by atoms with E-state index in [0.717, 1.165) is 6.54 Å². The van der Waals surface area contributed by atoms with E-state index in [1.807, 2.05) is 0 Å². The van der Waals surface area contributed by atoms with Crippen molar-refractivity contribution < 1.29 is 19.4 Å². The van der Waals surface area contributed by atoms with Crippen molar-refractivity contribution in [2.45, 2.75) is 45.1 Å². The molecule has 0 bridgehead atoms. The third-order valence-corrected chi connectivity index (χ3v) is 4.63. The van der Waals surface area contributed by atoms with E-state index in [0.29, 0.717) is 31.5 Å². The van der Waals surface area contributed by atoms with Gasteiger partial charge in [0.1, 0.15) is 0 Å². The molecule has 0 spiro atoms. The Balaban J connectivity index is 1.75. The molecule has 21 heavy (non-hydrogen) atoms. The Hall–Kier alpha value is -1.30.